The van der Waals surface area contributed by atoms with Gasteiger partial charge in [0.2, 0.25) is 0 Å². The maximum atomic E-state index is 12.6. The predicted octanol–water partition coefficient (Wildman–Crippen LogP) is 2.29. The summed E-state index contributed by atoms with van der Waals surface area (Å²) in [6, 6.07) is -1.32. The molecule has 0 aromatic rings. The molecule has 0 unspecified atom stereocenters. The molecule has 0 aromatic heterocycles. The van der Waals surface area contributed by atoms with Crippen molar-refractivity contribution in [2.45, 2.75) is 58.2 Å². The number of carbonyl (C=O) groups excluding carboxylic acids is 3. The Morgan fingerprint density at radius 2 is 1.75 bits per heavy atom. The lowest BCUT2D eigenvalue weighted by Gasteiger charge is -2.32. The Labute approximate surface area is 142 Å². The molecule has 1 heterocycles. The van der Waals surface area contributed by atoms with Crippen LogP contribution >= 0.6 is 0 Å². The minimum atomic E-state index is -0.911. The molecule has 0 aliphatic carbocycles. The van der Waals surface area contributed by atoms with E-state index in [-0.39, 0.29) is 6.42 Å². The molecule has 0 aromatic carbocycles. The van der Waals surface area contributed by atoms with Gasteiger partial charge in [0, 0.05) is 5.92 Å². The number of hydrogen-bond donors (Lipinski definition) is 0. The van der Waals surface area contributed by atoms with Crippen molar-refractivity contribution in [3.63, 3.8) is 0 Å². The maximum Gasteiger partial charge on any atom is 0.411 e. The molecular formula is C17H27NO6. The van der Waals surface area contributed by atoms with Gasteiger partial charge >= 0.3 is 18.0 Å². The van der Waals surface area contributed by atoms with Crippen LogP contribution in [0.25, 0.3) is 0 Å². The van der Waals surface area contributed by atoms with E-state index >= 15 is 0 Å². The predicted molar refractivity (Wildman–Crippen MR) is 87.2 cm³/mol. The lowest BCUT2D eigenvalue weighted by atomic mass is 9.94. The van der Waals surface area contributed by atoms with E-state index in [2.05, 4.69) is 6.58 Å². The van der Waals surface area contributed by atoms with Crippen molar-refractivity contribution < 1.29 is 28.6 Å². The normalized spacial score (nSPS) is 23.6. The molecule has 0 saturated carbocycles. The van der Waals surface area contributed by atoms with Crippen LogP contribution in [0.3, 0.4) is 0 Å². The summed E-state index contributed by atoms with van der Waals surface area (Å²) in [4.78, 5) is 38.0. The first kappa shape index (κ1) is 20.0. The Kier molecular flexibility index (Phi) is 6.40. The van der Waals surface area contributed by atoms with Crippen LogP contribution < -0.4 is 0 Å². The third-order valence-electron chi connectivity index (χ3n) is 3.88. The largest absolute Gasteiger partial charge is 0.469 e. The quantitative estimate of drug-likeness (QED) is 0.443. The molecule has 1 amide bonds. The summed E-state index contributed by atoms with van der Waals surface area (Å²) in [6.07, 6.45) is -0.193. The van der Waals surface area contributed by atoms with Gasteiger partial charge in [0.15, 0.2) is 0 Å². The number of nitrogens with zero attached hydrogens (tertiary/aromatic N) is 1. The molecule has 0 spiro atoms. The van der Waals surface area contributed by atoms with E-state index in [9.17, 15) is 14.4 Å². The summed E-state index contributed by atoms with van der Waals surface area (Å²) in [5.74, 6) is -1.45. The number of hydrogen-bond acceptors (Lipinski definition) is 6. The molecule has 0 radical (unpaired) electrons. The van der Waals surface area contributed by atoms with E-state index in [1.54, 1.807) is 27.7 Å². The lowest BCUT2D eigenvalue weighted by molar-refractivity contribution is -0.148. The molecule has 1 rings (SSSR count). The van der Waals surface area contributed by atoms with Crippen LogP contribution in [0.1, 0.15) is 40.5 Å². The van der Waals surface area contributed by atoms with Gasteiger partial charge in [0.25, 0.3) is 0 Å². The van der Waals surface area contributed by atoms with E-state index in [0.29, 0.717) is 12.0 Å². The van der Waals surface area contributed by atoms with Crippen LogP contribution in [0.5, 0.6) is 0 Å². The number of rotatable bonds is 4. The molecule has 1 saturated heterocycles. The van der Waals surface area contributed by atoms with Crippen molar-refractivity contribution in [2.75, 3.05) is 14.2 Å². The standard InChI is InChI=1S/C17H27NO6/c1-10(2)12-8-11(9-13(19)22-6)14(15(20)23-7)18(12)16(21)24-17(3,4)5/h11-12,14H,1,8-9H2,2-7H3/t11-,12+,14+/m1/s1. The summed E-state index contributed by atoms with van der Waals surface area (Å²) < 4.78 is 15.0. The fraction of sp³-hybridized carbons (Fsp3) is 0.706. The second kappa shape index (κ2) is 7.68. The fourth-order valence-electron chi connectivity index (χ4n) is 2.86. The molecule has 3 atom stereocenters. The summed E-state index contributed by atoms with van der Waals surface area (Å²) in [6.45, 7) is 10.9. The minimum Gasteiger partial charge on any atom is -0.469 e. The molecule has 136 valence electrons. The van der Waals surface area contributed by atoms with E-state index in [1.165, 1.54) is 19.1 Å². The summed E-state index contributed by atoms with van der Waals surface area (Å²) >= 11 is 0. The first-order chi connectivity index (χ1) is 11.0. The van der Waals surface area contributed by atoms with Crippen LogP contribution in [0.15, 0.2) is 12.2 Å². The summed E-state index contributed by atoms with van der Waals surface area (Å²) in [5.41, 5.74) is -0.000199. The molecule has 7 heteroatoms. The first-order valence-electron chi connectivity index (χ1n) is 7.83. The average Bonchev–Trinajstić information content (AvgIpc) is 2.84. The van der Waals surface area contributed by atoms with E-state index in [4.69, 9.17) is 14.2 Å². The maximum absolute atomic E-state index is 12.6. The number of ether oxygens (including phenoxy) is 3. The highest BCUT2D eigenvalue weighted by molar-refractivity contribution is 5.84. The number of amides is 1. The summed E-state index contributed by atoms with van der Waals surface area (Å²) in [5, 5.41) is 0. The zero-order chi connectivity index (χ0) is 18.7. The molecular weight excluding hydrogens is 314 g/mol. The van der Waals surface area contributed by atoms with Crippen LogP contribution in [0.4, 0.5) is 4.79 Å². The van der Waals surface area contributed by atoms with Gasteiger partial charge in [-0.05, 0) is 34.1 Å². The topological polar surface area (TPSA) is 82.1 Å². The van der Waals surface area contributed by atoms with Crippen LogP contribution in [-0.4, -0.2) is 54.8 Å². The number of carbonyl (C=O) groups is 3. The van der Waals surface area contributed by atoms with Gasteiger partial charge in [-0.2, -0.15) is 0 Å². The zero-order valence-electron chi connectivity index (χ0n) is 15.3. The zero-order valence-corrected chi connectivity index (χ0v) is 15.3. The Morgan fingerprint density at radius 3 is 2.17 bits per heavy atom. The molecule has 1 aliphatic heterocycles. The van der Waals surface area contributed by atoms with Gasteiger partial charge < -0.3 is 14.2 Å². The molecule has 24 heavy (non-hydrogen) atoms. The van der Waals surface area contributed by atoms with Gasteiger partial charge in [-0.15, -0.1) is 0 Å². The summed E-state index contributed by atoms with van der Waals surface area (Å²) in [7, 11) is 2.53. The Hall–Kier alpha value is -2.05. The minimum absolute atomic E-state index is 0.0132. The number of methoxy groups -OCH3 is 2. The molecule has 0 bridgehead atoms. The van der Waals surface area contributed by atoms with Crippen molar-refractivity contribution in [3.05, 3.63) is 12.2 Å². The number of likely N-dealkylation sites (tertiary alicyclic amines) is 1. The SMILES string of the molecule is C=C(C)[C@@H]1C[C@H](CC(=O)OC)[C@@H](C(=O)OC)N1C(=O)OC(C)(C)C. The second-order valence-electron chi connectivity index (χ2n) is 6.99. The highest BCUT2D eigenvalue weighted by atomic mass is 16.6. The highest BCUT2D eigenvalue weighted by Crippen LogP contribution is 2.37. The van der Waals surface area contributed by atoms with Crippen LogP contribution in [0, 0.1) is 5.92 Å². The first-order valence-corrected chi connectivity index (χ1v) is 7.83. The van der Waals surface area contributed by atoms with Crippen LogP contribution in [-0.2, 0) is 23.8 Å². The average molecular weight is 341 g/mol. The molecule has 7 nitrogen and oxygen atoms in total. The van der Waals surface area contributed by atoms with Gasteiger partial charge in [0.05, 0.1) is 26.7 Å². The molecule has 0 N–H and O–H groups in total. The van der Waals surface area contributed by atoms with E-state index in [0.717, 1.165) is 0 Å². The van der Waals surface area contributed by atoms with Crippen molar-refractivity contribution in [2.24, 2.45) is 5.92 Å². The second-order valence-corrected chi connectivity index (χ2v) is 6.99. The van der Waals surface area contributed by atoms with Gasteiger partial charge in [-0.1, -0.05) is 12.2 Å². The van der Waals surface area contributed by atoms with E-state index in [1.807, 2.05) is 0 Å². The Morgan fingerprint density at radius 1 is 1.17 bits per heavy atom. The third-order valence-corrected chi connectivity index (χ3v) is 3.88. The monoisotopic (exact) mass is 341 g/mol. The van der Waals surface area contributed by atoms with Crippen molar-refractivity contribution in [1.82, 2.24) is 4.90 Å². The molecule has 1 aliphatic rings. The Balaban J connectivity index is 3.20. The van der Waals surface area contributed by atoms with Crippen molar-refractivity contribution >= 4 is 18.0 Å². The van der Waals surface area contributed by atoms with Gasteiger partial charge in [-0.25, -0.2) is 9.59 Å². The van der Waals surface area contributed by atoms with Crippen LogP contribution in [0.2, 0.25) is 0 Å². The lowest BCUT2D eigenvalue weighted by Crippen LogP contribution is -2.49. The van der Waals surface area contributed by atoms with Crippen molar-refractivity contribution in [3.8, 4) is 0 Å². The van der Waals surface area contributed by atoms with Gasteiger partial charge in [0.1, 0.15) is 11.6 Å². The Bertz CT molecular complexity index is 522. The third kappa shape index (κ3) is 4.72. The number of esters is 2. The van der Waals surface area contributed by atoms with E-state index < -0.39 is 41.6 Å². The highest BCUT2D eigenvalue weighted by Gasteiger charge is 2.50. The smallest absolute Gasteiger partial charge is 0.411 e. The van der Waals surface area contributed by atoms with Crippen molar-refractivity contribution in [1.29, 1.82) is 0 Å². The van der Waals surface area contributed by atoms with Gasteiger partial charge in [-0.3, -0.25) is 9.69 Å². The molecule has 1 fully saturated rings. The fourth-order valence-corrected chi connectivity index (χ4v) is 2.86.